The summed E-state index contributed by atoms with van der Waals surface area (Å²) < 4.78 is 116. The van der Waals surface area contributed by atoms with E-state index in [0.29, 0.717) is 0 Å². The SMILES string of the molecule is FC(F)(F)c1cccc(/C=N/Nc2ccc3c(C(F)(F)F)cc(C(F)(F)F)nc3n2)c1. The Hall–Kier alpha value is -3.38. The van der Waals surface area contributed by atoms with Crippen molar-refractivity contribution in [2.24, 2.45) is 5.10 Å². The summed E-state index contributed by atoms with van der Waals surface area (Å²) in [5.74, 6) is -0.268. The third kappa shape index (κ3) is 5.22. The molecule has 0 saturated carbocycles. The van der Waals surface area contributed by atoms with Gasteiger partial charge in [-0.15, -0.1) is 0 Å². The van der Waals surface area contributed by atoms with E-state index in [9.17, 15) is 39.5 Å². The summed E-state index contributed by atoms with van der Waals surface area (Å²) in [6, 6.07) is 5.85. The highest BCUT2D eigenvalue weighted by Gasteiger charge is 2.39. The molecule has 0 unspecified atom stereocenters. The second kappa shape index (κ2) is 7.71. The molecule has 2 heterocycles. The molecule has 0 spiro atoms. The maximum Gasteiger partial charge on any atom is 0.433 e. The lowest BCUT2D eigenvalue weighted by Crippen LogP contribution is -2.14. The van der Waals surface area contributed by atoms with Crippen LogP contribution >= 0.6 is 0 Å². The summed E-state index contributed by atoms with van der Waals surface area (Å²) in [5, 5.41) is 2.95. The summed E-state index contributed by atoms with van der Waals surface area (Å²) in [6.45, 7) is 0. The van der Waals surface area contributed by atoms with Crippen LogP contribution in [0.15, 0.2) is 47.6 Å². The van der Waals surface area contributed by atoms with Gasteiger partial charge in [0.05, 0.1) is 17.3 Å². The summed E-state index contributed by atoms with van der Waals surface area (Å²) in [6.07, 6.45) is -13.8. The van der Waals surface area contributed by atoms with Gasteiger partial charge in [0, 0.05) is 5.39 Å². The average Bonchev–Trinajstić information content (AvgIpc) is 2.65. The predicted molar refractivity (Wildman–Crippen MR) is 92.2 cm³/mol. The number of anilines is 1. The van der Waals surface area contributed by atoms with Gasteiger partial charge in [0.15, 0.2) is 5.65 Å². The molecule has 0 aliphatic rings. The highest BCUT2D eigenvalue weighted by molar-refractivity contribution is 5.82. The number of hydrogen-bond acceptors (Lipinski definition) is 4. The number of benzene rings is 1. The van der Waals surface area contributed by atoms with Crippen LogP contribution in [0.2, 0.25) is 0 Å². The zero-order valence-corrected chi connectivity index (χ0v) is 14.9. The number of nitrogens with one attached hydrogen (secondary N) is 1. The van der Waals surface area contributed by atoms with Crippen molar-refractivity contribution >= 4 is 23.1 Å². The van der Waals surface area contributed by atoms with E-state index < -0.39 is 46.4 Å². The molecule has 13 heteroatoms. The second-order valence-corrected chi connectivity index (χ2v) is 6.11. The van der Waals surface area contributed by atoms with Crippen LogP contribution in [0.5, 0.6) is 0 Å². The van der Waals surface area contributed by atoms with Crippen LogP contribution in [-0.2, 0) is 18.5 Å². The first-order valence-electron chi connectivity index (χ1n) is 8.18. The normalized spacial score (nSPS) is 13.2. The molecule has 4 nitrogen and oxygen atoms in total. The number of fused-ring (bicyclic) bond motifs is 1. The molecule has 3 rings (SSSR count). The Morgan fingerprint density at radius 1 is 0.774 bits per heavy atom. The number of pyridine rings is 2. The number of rotatable bonds is 3. The molecule has 0 atom stereocenters. The second-order valence-electron chi connectivity index (χ2n) is 6.11. The molecular weight excluding hydrogens is 443 g/mol. The van der Waals surface area contributed by atoms with Crippen molar-refractivity contribution in [1.82, 2.24) is 9.97 Å². The van der Waals surface area contributed by atoms with Crippen molar-refractivity contribution in [2.45, 2.75) is 18.5 Å². The van der Waals surface area contributed by atoms with E-state index in [1.54, 1.807) is 0 Å². The van der Waals surface area contributed by atoms with Gasteiger partial charge in [-0.1, -0.05) is 12.1 Å². The number of nitrogens with zero attached hydrogens (tertiary/aromatic N) is 3. The van der Waals surface area contributed by atoms with Crippen molar-refractivity contribution in [3.8, 4) is 0 Å². The Labute approximate surface area is 167 Å². The number of alkyl halides is 9. The largest absolute Gasteiger partial charge is 0.433 e. The maximum atomic E-state index is 13.2. The minimum absolute atomic E-state index is 0.0416. The van der Waals surface area contributed by atoms with Crippen molar-refractivity contribution in [3.63, 3.8) is 0 Å². The number of aromatic nitrogens is 2. The number of hydrazone groups is 1. The van der Waals surface area contributed by atoms with Gasteiger partial charge in [-0.3, -0.25) is 5.43 Å². The lowest BCUT2D eigenvalue weighted by Gasteiger charge is -2.14. The molecule has 0 aliphatic heterocycles. The van der Waals surface area contributed by atoms with E-state index in [1.165, 1.54) is 6.07 Å². The molecule has 1 aromatic carbocycles. The standard InChI is InChI=1S/C18H9F9N4/c19-16(20,21)10-3-1-2-9(6-10)8-28-31-14-5-4-11-12(17(22,23)24)7-13(18(25,26)27)29-15(11)30-14/h1-8H,(H,29,30,31)/b28-8+. The topological polar surface area (TPSA) is 50.2 Å². The van der Waals surface area contributed by atoms with Crippen LogP contribution in [0.4, 0.5) is 45.3 Å². The Morgan fingerprint density at radius 2 is 1.48 bits per heavy atom. The fraction of sp³-hybridized carbons (Fsp3) is 0.167. The van der Waals surface area contributed by atoms with E-state index in [1.807, 2.05) is 0 Å². The van der Waals surface area contributed by atoms with Crippen LogP contribution in [0.25, 0.3) is 11.0 Å². The van der Waals surface area contributed by atoms with Gasteiger partial charge in [-0.25, -0.2) is 9.97 Å². The third-order valence-corrected chi connectivity index (χ3v) is 3.88. The molecule has 3 aromatic rings. The number of halogens is 9. The molecule has 31 heavy (non-hydrogen) atoms. The first kappa shape index (κ1) is 22.3. The molecular formula is C18H9F9N4. The van der Waals surface area contributed by atoms with Crippen molar-refractivity contribution in [3.05, 3.63) is 64.8 Å². The summed E-state index contributed by atoms with van der Waals surface area (Å²) in [7, 11) is 0. The lowest BCUT2D eigenvalue weighted by atomic mass is 10.1. The zero-order valence-electron chi connectivity index (χ0n) is 14.9. The van der Waals surface area contributed by atoms with Crippen LogP contribution in [0, 0.1) is 0 Å². The Morgan fingerprint density at radius 3 is 2.10 bits per heavy atom. The first-order chi connectivity index (χ1) is 14.2. The van der Waals surface area contributed by atoms with Crippen LogP contribution < -0.4 is 5.43 Å². The molecule has 0 saturated heterocycles. The predicted octanol–water partition coefficient (Wildman–Crippen LogP) is 6.13. The van der Waals surface area contributed by atoms with Gasteiger partial charge in [0.2, 0.25) is 0 Å². The maximum absolute atomic E-state index is 13.2. The summed E-state index contributed by atoms with van der Waals surface area (Å²) in [5.41, 5.74) is -2.82. The highest BCUT2D eigenvalue weighted by atomic mass is 19.4. The van der Waals surface area contributed by atoms with Gasteiger partial charge in [0.25, 0.3) is 0 Å². The minimum Gasteiger partial charge on any atom is -0.261 e. The fourth-order valence-electron chi connectivity index (χ4n) is 2.51. The molecule has 0 amide bonds. The average molecular weight is 452 g/mol. The van der Waals surface area contributed by atoms with Gasteiger partial charge in [-0.2, -0.15) is 44.6 Å². The van der Waals surface area contributed by atoms with Crippen molar-refractivity contribution in [2.75, 3.05) is 5.43 Å². The van der Waals surface area contributed by atoms with E-state index in [4.69, 9.17) is 0 Å². The Bertz CT molecular complexity index is 1130. The van der Waals surface area contributed by atoms with Gasteiger partial charge in [-0.05, 0) is 35.9 Å². The highest BCUT2D eigenvalue weighted by Crippen LogP contribution is 2.38. The van der Waals surface area contributed by atoms with Gasteiger partial charge in [0.1, 0.15) is 11.5 Å². The molecule has 164 valence electrons. The van der Waals surface area contributed by atoms with E-state index in [2.05, 4.69) is 20.5 Å². The first-order valence-corrected chi connectivity index (χ1v) is 8.18. The zero-order chi connectivity index (χ0) is 23.0. The lowest BCUT2D eigenvalue weighted by molar-refractivity contribution is -0.144. The van der Waals surface area contributed by atoms with Crippen LogP contribution in [0.3, 0.4) is 0 Å². The summed E-state index contributed by atoms with van der Waals surface area (Å²) in [4.78, 5) is 6.73. The molecule has 1 N–H and O–H groups in total. The van der Waals surface area contributed by atoms with Crippen molar-refractivity contribution in [1.29, 1.82) is 0 Å². The fourth-order valence-corrected chi connectivity index (χ4v) is 2.51. The van der Waals surface area contributed by atoms with E-state index in [-0.39, 0.29) is 17.4 Å². The van der Waals surface area contributed by atoms with E-state index >= 15 is 0 Å². The molecule has 0 aliphatic carbocycles. The minimum atomic E-state index is -5.14. The Balaban J connectivity index is 1.93. The molecule has 0 fully saturated rings. The monoisotopic (exact) mass is 452 g/mol. The van der Waals surface area contributed by atoms with Crippen LogP contribution in [0.1, 0.15) is 22.4 Å². The molecule has 2 aromatic heterocycles. The summed E-state index contributed by atoms with van der Waals surface area (Å²) >= 11 is 0. The van der Waals surface area contributed by atoms with Gasteiger partial charge < -0.3 is 0 Å². The molecule has 0 bridgehead atoms. The van der Waals surface area contributed by atoms with Gasteiger partial charge >= 0.3 is 18.5 Å². The third-order valence-electron chi connectivity index (χ3n) is 3.88. The molecule has 0 radical (unpaired) electrons. The van der Waals surface area contributed by atoms with Crippen molar-refractivity contribution < 1.29 is 39.5 Å². The smallest absolute Gasteiger partial charge is 0.261 e. The number of hydrogen-bond donors (Lipinski definition) is 1. The van der Waals surface area contributed by atoms with E-state index in [0.717, 1.165) is 36.5 Å². The van der Waals surface area contributed by atoms with Crippen LogP contribution in [-0.4, -0.2) is 16.2 Å². The quantitative estimate of drug-likeness (QED) is 0.296. The Kier molecular flexibility index (Phi) is 5.54.